The number of aliphatic hydroxyl groups excluding tert-OH is 1. The fourth-order valence-corrected chi connectivity index (χ4v) is 2.29. The van der Waals surface area contributed by atoms with Crippen molar-refractivity contribution in [2.24, 2.45) is 0 Å². The Bertz CT molecular complexity index is 354. The van der Waals surface area contributed by atoms with E-state index in [-0.39, 0.29) is 6.61 Å². The predicted octanol–water partition coefficient (Wildman–Crippen LogP) is 0.499. The number of likely N-dealkylation sites (N-methyl/N-ethyl adjacent to an activating group) is 1. The molecule has 0 spiro atoms. The van der Waals surface area contributed by atoms with Crippen molar-refractivity contribution in [2.75, 3.05) is 31.6 Å². The summed E-state index contributed by atoms with van der Waals surface area (Å²) < 4.78 is 0. The summed E-state index contributed by atoms with van der Waals surface area (Å²) in [6, 6.07) is 0.441. The molecular weight excluding hydrogens is 216 g/mol. The van der Waals surface area contributed by atoms with Crippen LogP contribution in [0.3, 0.4) is 0 Å². The lowest BCUT2D eigenvalue weighted by Gasteiger charge is -2.28. The monoisotopic (exact) mass is 236 g/mol. The molecule has 1 atom stereocenters. The molecule has 1 fully saturated rings. The number of hydrogen-bond donors (Lipinski definition) is 1. The minimum Gasteiger partial charge on any atom is -0.390 e. The maximum absolute atomic E-state index is 8.95. The minimum absolute atomic E-state index is 0.0500. The lowest BCUT2D eigenvalue weighted by Crippen LogP contribution is -2.38. The fourth-order valence-electron chi connectivity index (χ4n) is 2.29. The molecule has 1 aromatic rings. The summed E-state index contributed by atoms with van der Waals surface area (Å²) in [5, 5.41) is 8.95. The highest BCUT2D eigenvalue weighted by molar-refractivity contribution is 5.37. The van der Waals surface area contributed by atoms with Gasteiger partial charge in [-0.15, -0.1) is 0 Å². The Morgan fingerprint density at radius 3 is 2.82 bits per heavy atom. The van der Waals surface area contributed by atoms with Crippen LogP contribution in [-0.2, 0) is 6.61 Å². The Hall–Kier alpha value is -1.20. The third kappa shape index (κ3) is 2.92. The molecule has 0 bridgehead atoms. The maximum atomic E-state index is 8.95. The van der Waals surface area contributed by atoms with E-state index in [4.69, 9.17) is 5.11 Å². The van der Waals surface area contributed by atoms with Crippen molar-refractivity contribution in [3.05, 3.63) is 18.1 Å². The fraction of sp³-hybridized carbons (Fsp3) is 0.667. The van der Waals surface area contributed by atoms with Gasteiger partial charge in [0, 0.05) is 19.1 Å². The second kappa shape index (κ2) is 5.42. The van der Waals surface area contributed by atoms with Crippen molar-refractivity contribution in [3.63, 3.8) is 0 Å². The Kier molecular flexibility index (Phi) is 3.91. The molecule has 1 N–H and O–H groups in total. The third-order valence-corrected chi connectivity index (χ3v) is 3.19. The van der Waals surface area contributed by atoms with E-state index in [1.165, 1.54) is 0 Å². The van der Waals surface area contributed by atoms with Gasteiger partial charge in [-0.05, 0) is 26.9 Å². The zero-order valence-corrected chi connectivity index (χ0v) is 10.5. The summed E-state index contributed by atoms with van der Waals surface area (Å²) in [5.74, 6) is 0.907. The van der Waals surface area contributed by atoms with E-state index >= 15 is 0 Å². The van der Waals surface area contributed by atoms with Crippen molar-refractivity contribution < 1.29 is 5.11 Å². The lowest BCUT2D eigenvalue weighted by molar-refractivity contribution is 0.276. The first-order valence-corrected chi connectivity index (χ1v) is 6.07. The summed E-state index contributed by atoms with van der Waals surface area (Å²) in [4.78, 5) is 13.2. The highest BCUT2D eigenvalue weighted by Crippen LogP contribution is 2.16. The molecular formula is C12H20N4O. The molecule has 0 saturated carbocycles. The molecule has 5 heteroatoms. The lowest BCUT2D eigenvalue weighted by atomic mass is 10.3. The number of nitrogens with zero attached hydrogens (tertiary/aromatic N) is 4. The van der Waals surface area contributed by atoms with E-state index in [2.05, 4.69) is 33.7 Å². The van der Waals surface area contributed by atoms with Crippen LogP contribution >= 0.6 is 0 Å². The molecule has 2 rings (SSSR count). The number of hydrogen-bond acceptors (Lipinski definition) is 5. The number of rotatable bonds is 2. The van der Waals surface area contributed by atoms with Crippen LogP contribution < -0.4 is 4.90 Å². The van der Waals surface area contributed by atoms with Crippen LogP contribution in [0.1, 0.15) is 19.0 Å². The van der Waals surface area contributed by atoms with E-state index in [1.54, 1.807) is 12.4 Å². The minimum atomic E-state index is -0.0500. The second-order valence-corrected chi connectivity index (χ2v) is 4.68. The molecule has 0 amide bonds. The molecule has 1 aromatic heterocycles. The molecule has 1 unspecified atom stereocenters. The second-order valence-electron chi connectivity index (χ2n) is 4.68. The van der Waals surface area contributed by atoms with Gasteiger partial charge in [-0.3, -0.25) is 4.98 Å². The first-order chi connectivity index (χ1) is 8.20. The molecule has 1 aliphatic heterocycles. The number of anilines is 1. The smallest absolute Gasteiger partial charge is 0.147 e. The third-order valence-electron chi connectivity index (χ3n) is 3.19. The topological polar surface area (TPSA) is 52.5 Å². The molecule has 2 heterocycles. The largest absolute Gasteiger partial charge is 0.390 e. The van der Waals surface area contributed by atoms with Gasteiger partial charge in [-0.25, -0.2) is 4.98 Å². The Morgan fingerprint density at radius 1 is 1.35 bits per heavy atom. The van der Waals surface area contributed by atoms with Crippen molar-refractivity contribution in [1.82, 2.24) is 14.9 Å². The van der Waals surface area contributed by atoms with Gasteiger partial charge in [0.15, 0.2) is 0 Å². The molecule has 1 aliphatic rings. The van der Waals surface area contributed by atoms with Gasteiger partial charge in [-0.2, -0.15) is 0 Å². The quantitative estimate of drug-likeness (QED) is 0.810. The summed E-state index contributed by atoms with van der Waals surface area (Å²) in [6.07, 6.45) is 4.55. The van der Waals surface area contributed by atoms with E-state index < -0.39 is 0 Å². The highest BCUT2D eigenvalue weighted by atomic mass is 16.3. The van der Waals surface area contributed by atoms with Crippen LogP contribution in [0.2, 0.25) is 0 Å². The van der Waals surface area contributed by atoms with E-state index in [0.29, 0.717) is 11.7 Å². The summed E-state index contributed by atoms with van der Waals surface area (Å²) in [7, 11) is 2.15. The Morgan fingerprint density at radius 2 is 2.18 bits per heavy atom. The molecule has 0 aromatic carbocycles. The highest BCUT2D eigenvalue weighted by Gasteiger charge is 2.20. The average molecular weight is 236 g/mol. The zero-order valence-electron chi connectivity index (χ0n) is 10.5. The van der Waals surface area contributed by atoms with Gasteiger partial charge in [0.2, 0.25) is 0 Å². The van der Waals surface area contributed by atoms with Crippen LogP contribution in [0.4, 0.5) is 5.82 Å². The summed E-state index contributed by atoms with van der Waals surface area (Å²) in [6.45, 7) is 5.35. The van der Waals surface area contributed by atoms with Crippen molar-refractivity contribution in [2.45, 2.75) is 26.0 Å². The number of aliphatic hydroxyl groups is 1. The van der Waals surface area contributed by atoms with Crippen molar-refractivity contribution in [3.8, 4) is 0 Å². The summed E-state index contributed by atoms with van der Waals surface area (Å²) in [5.41, 5.74) is 0.619. The van der Waals surface area contributed by atoms with E-state index in [1.807, 2.05) is 0 Å². The standard InChI is InChI=1S/C12H20N4O/c1-10-8-15(2)4-3-5-16(10)12-7-13-11(9-17)6-14-12/h6-7,10,17H,3-5,8-9H2,1-2H3. The van der Waals surface area contributed by atoms with Crippen LogP contribution in [-0.4, -0.2) is 52.7 Å². The predicted molar refractivity (Wildman–Crippen MR) is 66.9 cm³/mol. The van der Waals surface area contributed by atoms with Crippen LogP contribution in [0, 0.1) is 0 Å². The first-order valence-electron chi connectivity index (χ1n) is 6.07. The normalized spacial score (nSPS) is 22.5. The SMILES string of the molecule is CC1CN(C)CCCN1c1cnc(CO)cn1. The Labute approximate surface area is 102 Å². The van der Waals surface area contributed by atoms with Crippen molar-refractivity contribution in [1.29, 1.82) is 0 Å². The van der Waals surface area contributed by atoms with Gasteiger partial charge in [0.05, 0.1) is 24.7 Å². The molecule has 94 valence electrons. The zero-order chi connectivity index (χ0) is 12.3. The first kappa shape index (κ1) is 12.3. The van der Waals surface area contributed by atoms with Crippen LogP contribution in [0.15, 0.2) is 12.4 Å². The van der Waals surface area contributed by atoms with Crippen LogP contribution in [0.25, 0.3) is 0 Å². The molecule has 0 radical (unpaired) electrons. The average Bonchev–Trinajstić information content (AvgIpc) is 2.50. The molecule has 1 saturated heterocycles. The molecule has 17 heavy (non-hydrogen) atoms. The van der Waals surface area contributed by atoms with Gasteiger partial charge in [0.1, 0.15) is 5.82 Å². The van der Waals surface area contributed by atoms with E-state index in [9.17, 15) is 0 Å². The summed E-state index contributed by atoms with van der Waals surface area (Å²) >= 11 is 0. The molecule has 5 nitrogen and oxygen atoms in total. The van der Waals surface area contributed by atoms with Crippen LogP contribution in [0.5, 0.6) is 0 Å². The molecule has 0 aliphatic carbocycles. The van der Waals surface area contributed by atoms with Gasteiger partial charge in [0.25, 0.3) is 0 Å². The maximum Gasteiger partial charge on any atom is 0.147 e. The van der Waals surface area contributed by atoms with Gasteiger partial charge >= 0.3 is 0 Å². The van der Waals surface area contributed by atoms with Crippen molar-refractivity contribution >= 4 is 5.82 Å². The Balaban J connectivity index is 2.13. The van der Waals surface area contributed by atoms with Gasteiger partial charge in [-0.1, -0.05) is 0 Å². The van der Waals surface area contributed by atoms with Gasteiger partial charge < -0.3 is 14.9 Å². The van der Waals surface area contributed by atoms with E-state index in [0.717, 1.165) is 31.9 Å². The number of aromatic nitrogens is 2.